The van der Waals surface area contributed by atoms with Crippen LogP contribution in [0, 0.1) is 5.82 Å². The summed E-state index contributed by atoms with van der Waals surface area (Å²) in [5.41, 5.74) is 1.78. The summed E-state index contributed by atoms with van der Waals surface area (Å²) < 4.78 is 28.2. The number of halogens is 1. The highest BCUT2D eigenvalue weighted by Crippen LogP contribution is 2.32. The van der Waals surface area contributed by atoms with Gasteiger partial charge in [0.15, 0.2) is 11.5 Å². The largest absolute Gasteiger partial charge is 0.486 e. The van der Waals surface area contributed by atoms with Crippen molar-refractivity contribution in [2.75, 3.05) is 26.2 Å². The minimum Gasteiger partial charge on any atom is -0.486 e. The first-order chi connectivity index (χ1) is 14.2. The first-order valence-electron chi connectivity index (χ1n) is 10.5. The van der Waals surface area contributed by atoms with E-state index in [9.17, 15) is 4.39 Å². The van der Waals surface area contributed by atoms with Crippen LogP contribution >= 0.6 is 0 Å². The third kappa shape index (κ3) is 3.57. The Balaban J connectivity index is 1.34. The van der Waals surface area contributed by atoms with E-state index >= 15 is 0 Å². The number of benzene rings is 2. The second-order valence-electron chi connectivity index (χ2n) is 7.94. The Morgan fingerprint density at radius 2 is 2.03 bits per heavy atom. The molecule has 2 aromatic carbocycles. The van der Waals surface area contributed by atoms with Crippen molar-refractivity contribution in [2.45, 2.75) is 38.3 Å². The molecule has 152 valence electrons. The minimum atomic E-state index is -0.208. The molecule has 29 heavy (non-hydrogen) atoms. The van der Waals surface area contributed by atoms with Crippen LogP contribution in [0.4, 0.5) is 4.39 Å². The van der Waals surface area contributed by atoms with Crippen molar-refractivity contribution in [1.29, 1.82) is 0 Å². The van der Waals surface area contributed by atoms with Crippen LogP contribution in [0.3, 0.4) is 0 Å². The topological polar surface area (TPSA) is 39.5 Å². The fourth-order valence-electron chi connectivity index (χ4n) is 4.62. The first-order valence-corrected chi connectivity index (χ1v) is 10.5. The zero-order valence-electron chi connectivity index (χ0n) is 16.7. The van der Waals surface area contributed by atoms with Gasteiger partial charge in [0.05, 0.1) is 11.0 Å². The maximum absolute atomic E-state index is 13.9. The third-order valence-electron chi connectivity index (χ3n) is 5.92. The molecule has 0 saturated carbocycles. The van der Waals surface area contributed by atoms with Crippen LogP contribution in [-0.4, -0.2) is 46.8 Å². The van der Waals surface area contributed by atoms with Gasteiger partial charge in [0.1, 0.15) is 24.4 Å². The Morgan fingerprint density at radius 3 is 2.90 bits per heavy atom. The van der Waals surface area contributed by atoms with Crippen LogP contribution in [0.1, 0.15) is 31.6 Å². The number of nitrogens with zero attached hydrogens (tertiary/aromatic N) is 3. The summed E-state index contributed by atoms with van der Waals surface area (Å²) in [6.07, 6.45) is 3.04. The van der Waals surface area contributed by atoms with Gasteiger partial charge in [-0.05, 0) is 49.7 Å². The van der Waals surface area contributed by atoms with Gasteiger partial charge in [-0.2, -0.15) is 0 Å². The first kappa shape index (κ1) is 18.4. The van der Waals surface area contributed by atoms with Gasteiger partial charge in [0, 0.05) is 25.6 Å². The second-order valence-corrected chi connectivity index (χ2v) is 7.94. The van der Waals surface area contributed by atoms with Crippen molar-refractivity contribution in [1.82, 2.24) is 14.5 Å². The van der Waals surface area contributed by atoms with E-state index in [1.165, 1.54) is 6.07 Å². The van der Waals surface area contributed by atoms with Gasteiger partial charge in [-0.15, -0.1) is 0 Å². The van der Waals surface area contributed by atoms with Crippen LogP contribution in [-0.2, 0) is 6.42 Å². The molecule has 5 nitrogen and oxygen atoms in total. The monoisotopic (exact) mass is 395 g/mol. The highest BCUT2D eigenvalue weighted by Gasteiger charge is 2.29. The molecule has 0 N–H and O–H groups in total. The number of fused-ring (bicyclic) bond motifs is 2. The molecular weight excluding hydrogens is 369 g/mol. The summed E-state index contributed by atoms with van der Waals surface area (Å²) in [6.45, 7) is 5.46. The van der Waals surface area contributed by atoms with Gasteiger partial charge in [-0.3, -0.25) is 4.90 Å². The Labute approximate surface area is 170 Å². The van der Waals surface area contributed by atoms with E-state index in [0.717, 1.165) is 67.3 Å². The number of aromatic nitrogens is 2. The number of likely N-dealkylation sites (tertiary alicyclic amines) is 1. The smallest absolute Gasteiger partial charge is 0.161 e. The minimum absolute atomic E-state index is 0.0197. The molecule has 2 aliphatic rings. The van der Waals surface area contributed by atoms with Gasteiger partial charge in [-0.1, -0.05) is 19.1 Å². The number of imidazole rings is 1. The van der Waals surface area contributed by atoms with Gasteiger partial charge in [0.25, 0.3) is 0 Å². The normalized spacial score (nSPS) is 22.1. The average Bonchev–Trinajstić information content (AvgIpc) is 3.11. The number of para-hydroxylation sites is 2. The number of aryl methyl sites for hydroxylation is 1. The van der Waals surface area contributed by atoms with E-state index in [1.54, 1.807) is 12.1 Å². The van der Waals surface area contributed by atoms with E-state index in [-0.39, 0.29) is 11.9 Å². The van der Waals surface area contributed by atoms with Crippen LogP contribution in [0.5, 0.6) is 11.5 Å². The van der Waals surface area contributed by atoms with E-state index in [1.807, 2.05) is 24.3 Å². The molecule has 2 atom stereocenters. The summed E-state index contributed by atoms with van der Waals surface area (Å²) in [6, 6.07) is 13.0. The maximum atomic E-state index is 13.9. The van der Waals surface area contributed by atoms with Crippen LogP contribution < -0.4 is 9.47 Å². The second kappa shape index (κ2) is 7.67. The van der Waals surface area contributed by atoms with Crippen LogP contribution in [0.25, 0.3) is 11.0 Å². The SMILES string of the molecule is CCc1nc2ccc(F)cc2n1C1CCCN(CC2COc3ccccc3O2)C1. The van der Waals surface area contributed by atoms with E-state index in [4.69, 9.17) is 14.5 Å². The summed E-state index contributed by atoms with van der Waals surface area (Å²) in [5, 5.41) is 0. The van der Waals surface area contributed by atoms with Crippen molar-refractivity contribution < 1.29 is 13.9 Å². The molecule has 6 heteroatoms. The lowest BCUT2D eigenvalue weighted by Crippen LogP contribution is -2.45. The van der Waals surface area contributed by atoms with Gasteiger partial charge in [0.2, 0.25) is 0 Å². The van der Waals surface area contributed by atoms with Crippen LogP contribution in [0.2, 0.25) is 0 Å². The quantitative estimate of drug-likeness (QED) is 0.663. The Bertz CT molecular complexity index is 1020. The van der Waals surface area contributed by atoms with Crippen molar-refractivity contribution >= 4 is 11.0 Å². The molecule has 3 aromatic rings. The number of hydrogen-bond acceptors (Lipinski definition) is 4. The highest BCUT2D eigenvalue weighted by atomic mass is 19.1. The summed E-state index contributed by atoms with van der Waals surface area (Å²) in [5.74, 6) is 2.46. The molecule has 1 saturated heterocycles. The summed E-state index contributed by atoms with van der Waals surface area (Å²) in [7, 11) is 0. The molecule has 2 aliphatic heterocycles. The third-order valence-corrected chi connectivity index (χ3v) is 5.92. The molecule has 0 spiro atoms. The maximum Gasteiger partial charge on any atom is 0.161 e. The Morgan fingerprint density at radius 1 is 1.17 bits per heavy atom. The molecule has 5 rings (SSSR count). The average molecular weight is 395 g/mol. The Hall–Kier alpha value is -2.60. The molecule has 3 heterocycles. The number of piperidine rings is 1. The van der Waals surface area contributed by atoms with Gasteiger partial charge in [-0.25, -0.2) is 9.37 Å². The Kier molecular flexibility index (Phi) is 4.87. The fourth-order valence-corrected chi connectivity index (χ4v) is 4.62. The van der Waals surface area contributed by atoms with Crippen molar-refractivity contribution in [3.8, 4) is 11.5 Å². The molecule has 0 amide bonds. The summed E-state index contributed by atoms with van der Waals surface area (Å²) >= 11 is 0. The molecule has 0 aliphatic carbocycles. The van der Waals surface area contributed by atoms with E-state index in [2.05, 4.69) is 16.4 Å². The van der Waals surface area contributed by atoms with Crippen molar-refractivity contribution in [3.05, 3.63) is 54.1 Å². The van der Waals surface area contributed by atoms with Crippen molar-refractivity contribution in [3.63, 3.8) is 0 Å². The highest BCUT2D eigenvalue weighted by molar-refractivity contribution is 5.76. The molecule has 0 radical (unpaired) electrons. The molecule has 2 unspecified atom stereocenters. The predicted molar refractivity (Wildman–Crippen MR) is 110 cm³/mol. The van der Waals surface area contributed by atoms with E-state index < -0.39 is 0 Å². The lowest BCUT2D eigenvalue weighted by Gasteiger charge is -2.37. The van der Waals surface area contributed by atoms with Gasteiger partial charge < -0.3 is 14.0 Å². The van der Waals surface area contributed by atoms with Gasteiger partial charge >= 0.3 is 0 Å². The molecule has 1 fully saturated rings. The predicted octanol–water partition coefficient (Wildman–Crippen LogP) is 4.21. The molecular formula is C23H26FN3O2. The summed E-state index contributed by atoms with van der Waals surface area (Å²) in [4.78, 5) is 7.19. The number of ether oxygens (including phenoxy) is 2. The number of hydrogen-bond donors (Lipinski definition) is 0. The fraction of sp³-hybridized carbons (Fsp3) is 0.435. The van der Waals surface area contributed by atoms with Crippen LogP contribution in [0.15, 0.2) is 42.5 Å². The molecule has 0 bridgehead atoms. The zero-order valence-corrected chi connectivity index (χ0v) is 16.7. The lowest BCUT2D eigenvalue weighted by molar-refractivity contribution is 0.0462. The lowest BCUT2D eigenvalue weighted by atomic mass is 10.0. The standard InChI is InChI=1S/C23H26FN3O2/c1-2-23-25-19-10-9-16(24)12-20(19)27(23)17-6-5-11-26(13-17)14-18-15-28-21-7-3-4-8-22(21)29-18/h3-4,7-10,12,17-18H,2,5-6,11,13-15H2,1H3. The van der Waals surface area contributed by atoms with Crippen molar-refractivity contribution in [2.24, 2.45) is 0 Å². The number of rotatable bonds is 4. The van der Waals surface area contributed by atoms with E-state index in [0.29, 0.717) is 12.6 Å². The zero-order chi connectivity index (χ0) is 19.8. The molecule has 1 aromatic heterocycles.